The largest absolute Gasteiger partial charge is 0.486 e. The zero-order valence-corrected chi connectivity index (χ0v) is 11.0. The van der Waals surface area contributed by atoms with Gasteiger partial charge in [0.15, 0.2) is 11.5 Å². The maximum Gasteiger partial charge on any atom is 0.164 e. The third-order valence-electron chi connectivity index (χ3n) is 4.00. The molecule has 0 atom stereocenters. The molecule has 0 amide bonds. The van der Waals surface area contributed by atoms with E-state index in [1.165, 1.54) is 24.0 Å². The van der Waals surface area contributed by atoms with Crippen LogP contribution in [-0.2, 0) is 6.42 Å². The van der Waals surface area contributed by atoms with Crippen molar-refractivity contribution in [2.24, 2.45) is 5.92 Å². The Kier molecular flexibility index (Phi) is 3.41. The number of hydrogen-bond donors (Lipinski definition) is 1. The maximum atomic E-state index is 5.84. The molecule has 1 saturated heterocycles. The first-order valence-electron chi connectivity index (χ1n) is 6.93. The molecule has 1 N–H and O–H groups in total. The van der Waals surface area contributed by atoms with Crippen molar-refractivity contribution in [3.05, 3.63) is 23.3 Å². The van der Waals surface area contributed by atoms with Crippen molar-refractivity contribution in [2.75, 3.05) is 26.3 Å². The van der Waals surface area contributed by atoms with E-state index in [4.69, 9.17) is 9.47 Å². The van der Waals surface area contributed by atoms with E-state index >= 15 is 0 Å². The summed E-state index contributed by atoms with van der Waals surface area (Å²) in [6.07, 6.45) is 3.66. The van der Waals surface area contributed by atoms with Crippen LogP contribution in [0.15, 0.2) is 12.1 Å². The third kappa shape index (κ3) is 2.32. The number of hydrogen-bond acceptors (Lipinski definition) is 3. The molecule has 0 radical (unpaired) electrons. The molecule has 0 aromatic heterocycles. The van der Waals surface area contributed by atoms with Crippen molar-refractivity contribution < 1.29 is 9.47 Å². The van der Waals surface area contributed by atoms with E-state index in [1.54, 1.807) is 0 Å². The fourth-order valence-electron chi connectivity index (χ4n) is 2.90. The first-order valence-corrected chi connectivity index (χ1v) is 6.93. The van der Waals surface area contributed by atoms with Gasteiger partial charge in [0.25, 0.3) is 0 Å². The number of aryl methyl sites for hydroxylation is 1. The monoisotopic (exact) mass is 247 g/mol. The van der Waals surface area contributed by atoms with Gasteiger partial charge in [-0.3, -0.25) is 0 Å². The summed E-state index contributed by atoms with van der Waals surface area (Å²) in [5.41, 5.74) is 2.69. The van der Waals surface area contributed by atoms with E-state index in [9.17, 15) is 0 Å². The third-order valence-corrected chi connectivity index (χ3v) is 4.00. The molecule has 1 aromatic carbocycles. The smallest absolute Gasteiger partial charge is 0.164 e. The minimum Gasteiger partial charge on any atom is -0.486 e. The number of rotatable bonds is 2. The molecule has 0 aliphatic carbocycles. The lowest BCUT2D eigenvalue weighted by atomic mass is 9.88. The van der Waals surface area contributed by atoms with E-state index < -0.39 is 0 Å². The molecule has 0 saturated carbocycles. The van der Waals surface area contributed by atoms with Crippen molar-refractivity contribution in [3.8, 4) is 11.5 Å². The quantitative estimate of drug-likeness (QED) is 0.870. The minimum absolute atomic E-state index is 0.669. The highest BCUT2D eigenvalue weighted by molar-refractivity contribution is 5.51. The Morgan fingerprint density at radius 1 is 1.17 bits per heavy atom. The summed E-state index contributed by atoms with van der Waals surface area (Å²) >= 11 is 0. The van der Waals surface area contributed by atoms with Gasteiger partial charge in [-0.2, -0.15) is 0 Å². The normalized spacial score (nSPS) is 19.8. The van der Waals surface area contributed by atoms with Gasteiger partial charge in [0.1, 0.15) is 13.2 Å². The van der Waals surface area contributed by atoms with Crippen LogP contribution in [0.25, 0.3) is 0 Å². The predicted molar refractivity (Wildman–Crippen MR) is 71.5 cm³/mol. The lowest BCUT2D eigenvalue weighted by molar-refractivity contribution is 0.169. The molecule has 18 heavy (non-hydrogen) atoms. The molecule has 1 aromatic rings. The van der Waals surface area contributed by atoms with Crippen LogP contribution in [0.2, 0.25) is 0 Å². The van der Waals surface area contributed by atoms with Gasteiger partial charge >= 0.3 is 0 Å². The van der Waals surface area contributed by atoms with Gasteiger partial charge in [-0.25, -0.2) is 0 Å². The molecular weight excluding hydrogens is 226 g/mol. The van der Waals surface area contributed by atoms with E-state index in [2.05, 4.69) is 18.3 Å². The topological polar surface area (TPSA) is 30.5 Å². The van der Waals surface area contributed by atoms with Crippen LogP contribution >= 0.6 is 0 Å². The SMILES string of the molecule is Cc1ccc2c(c1CC1CCNCC1)OCCO2. The van der Waals surface area contributed by atoms with Crippen LogP contribution in [0, 0.1) is 12.8 Å². The lowest BCUT2D eigenvalue weighted by Crippen LogP contribution is -2.29. The fraction of sp³-hybridized carbons (Fsp3) is 0.600. The molecule has 3 nitrogen and oxygen atoms in total. The lowest BCUT2D eigenvalue weighted by Gasteiger charge is -2.27. The van der Waals surface area contributed by atoms with Crippen molar-refractivity contribution in [1.29, 1.82) is 0 Å². The van der Waals surface area contributed by atoms with Gasteiger partial charge in [0.05, 0.1) is 0 Å². The molecule has 3 rings (SSSR count). The highest BCUT2D eigenvalue weighted by Gasteiger charge is 2.21. The average Bonchev–Trinajstić information content (AvgIpc) is 2.43. The second kappa shape index (κ2) is 5.19. The van der Waals surface area contributed by atoms with Gasteiger partial charge in [-0.05, 0) is 56.8 Å². The molecule has 0 bridgehead atoms. The van der Waals surface area contributed by atoms with Crippen molar-refractivity contribution in [3.63, 3.8) is 0 Å². The summed E-state index contributed by atoms with van der Waals surface area (Å²) in [5.74, 6) is 2.71. The number of fused-ring (bicyclic) bond motifs is 1. The van der Waals surface area contributed by atoms with E-state index in [-0.39, 0.29) is 0 Å². The van der Waals surface area contributed by atoms with Crippen molar-refractivity contribution in [2.45, 2.75) is 26.2 Å². The van der Waals surface area contributed by atoms with Crippen LogP contribution in [0.4, 0.5) is 0 Å². The van der Waals surface area contributed by atoms with E-state index in [0.717, 1.165) is 36.9 Å². The van der Waals surface area contributed by atoms with Gasteiger partial charge in [0, 0.05) is 5.56 Å². The molecule has 98 valence electrons. The average molecular weight is 247 g/mol. The maximum absolute atomic E-state index is 5.84. The van der Waals surface area contributed by atoms with Crippen molar-refractivity contribution >= 4 is 0 Å². The molecule has 0 unspecified atom stereocenters. The zero-order chi connectivity index (χ0) is 12.4. The Balaban J connectivity index is 1.85. The molecule has 2 heterocycles. The molecule has 0 spiro atoms. The number of ether oxygens (including phenoxy) is 2. The molecule has 3 heteroatoms. The van der Waals surface area contributed by atoms with Crippen LogP contribution in [0.5, 0.6) is 11.5 Å². The van der Waals surface area contributed by atoms with Gasteiger partial charge in [-0.15, -0.1) is 0 Å². The Hall–Kier alpha value is -1.22. The Bertz CT molecular complexity index is 425. The molecular formula is C15H21NO2. The second-order valence-corrected chi connectivity index (χ2v) is 5.28. The predicted octanol–water partition coefficient (Wildman–Crippen LogP) is 2.31. The number of benzene rings is 1. The van der Waals surface area contributed by atoms with Crippen molar-refractivity contribution in [1.82, 2.24) is 5.32 Å². The minimum atomic E-state index is 0.669. The second-order valence-electron chi connectivity index (χ2n) is 5.28. The first-order chi connectivity index (χ1) is 8.84. The summed E-state index contributed by atoms with van der Waals surface area (Å²) in [6.45, 7) is 5.82. The summed E-state index contributed by atoms with van der Waals surface area (Å²) in [6, 6.07) is 4.19. The van der Waals surface area contributed by atoms with Gasteiger partial charge < -0.3 is 14.8 Å². The summed E-state index contributed by atoms with van der Waals surface area (Å²) in [5, 5.41) is 3.42. The van der Waals surface area contributed by atoms with Gasteiger partial charge in [0.2, 0.25) is 0 Å². The van der Waals surface area contributed by atoms with E-state index in [1.807, 2.05) is 6.07 Å². The van der Waals surface area contributed by atoms with Gasteiger partial charge in [-0.1, -0.05) is 6.07 Å². The highest BCUT2D eigenvalue weighted by atomic mass is 16.6. The Labute approximate surface area is 108 Å². The van der Waals surface area contributed by atoms with Crippen LogP contribution < -0.4 is 14.8 Å². The first kappa shape index (κ1) is 11.8. The fourth-order valence-corrected chi connectivity index (χ4v) is 2.90. The molecule has 2 aliphatic rings. The van der Waals surface area contributed by atoms with Crippen LogP contribution in [0.3, 0.4) is 0 Å². The zero-order valence-electron chi connectivity index (χ0n) is 11.0. The van der Waals surface area contributed by atoms with Crippen LogP contribution in [-0.4, -0.2) is 26.3 Å². The molecule has 2 aliphatic heterocycles. The Morgan fingerprint density at radius 2 is 1.94 bits per heavy atom. The number of piperidine rings is 1. The number of nitrogens with one attached hydrogen (secondary N) is 1. The standard InChI is InChI=1S/C15H21NO2/c1-11-2-3-14-15(18-9-8-17-14)13(11)10-12-4-6-16-7-5-12/h2-3,12,16H,4-10H2,1H3. The Morgan fingerprint density at radius 3 is 2.78 bits per heavy atom. The highest BCUT2D eigenvalue weighted by Crippen LogP contribution is 2.37. The summed E-state index contributed by atoms with van der Waals surface area (Å²) < 4.78 is 11.5. The summed E-state index contributed by atoms with van der Waals surface area (Å²) in [4.78, 5) is 0. The summed E-state index contributed by atoms with van der Waals surface area (Å²) in [7, 11) is 0. The van der Waals surface area contributed by atoms with E-state index in [0.29, 0.717) is 13.2 Å². The molecule has 1 fully saturated rings. The van der Waals surface area contributed by atoms with Crippen LogP contribution in [0.1, 0.15) is 24.0 Å².